The first kappa shape index (κ1) is 20.1. The van der Waals surface area contributed by atoms with Gasteiger partial charge in [-0.3, -0.25) is 15.0 Å². The minimum atomic E-state index is -0.396. The van der Waals surface area contributed by atoms with Crippen molar-refractivity contribution in [2.24, 2.45) is 0 Å². The zero-order valence-corrected chi connectivity index (χ0v) is 17.2. The first-order valence-electron chi connectivity index (χ1n) is 9.78. The lowest BCUT2D eigenvalue weighted by atomic mass is 10.1. The smallest absolute Gasteiger partial charge is 0.280 e. The number of benzene rings is 3. The maximum Gasteiger partial charge on any atom is 0.280 e. The number of carbonyl (C=O) groups excluding carboxylic acids is 1. The van der Waals surface area contributed by atoms with Gasteiger partial charge >= 0.3 is 0 Å². The Bertz CT molecular complexity index is 1340. The number of aromatic nitrogens is 2. The van der Waals surface area contributed by atoms with Crippen molar-refractivity contribution in [1.82, 2.24) is 9.66 Å². The van der Waals surface area contributed by atoms with Crippen LogP contribution in [0.15, 0.2) is 89.2 Å². The quantitative estimate of drug-likeness (QED) is 0.499. The highest BCUT2D eigenvalue weighted by Gasteiger charge is 2.16. The largest absolute Gasteiger partial charge is 0.497 e. The number of hydrogen-bond acceptors (Lipinski definition) is 4. The average Bonchev–Trinajstić information content (AvgIpc) is 2.81. The second-order valence-corrected chi connectivity index (χ2v) is 7.00. The van der Waals surface area contributed by atoms with Crippen LogP contribution in [0.1, 0.15) is 12.5 Å². The van der Waals surface area contributed by atoms with Crippen LogP contribution in [0.2, 0.25) is 0 Å². The van der Waals surface area contributed by atoms with Crippen molar-refractivity contribution in [3.8, 4) is 17.1 Å². The zero-order valence-electron chi connectivity index (χ0n) is 17.2. The van der Waals surface area contributed by atoms with Crippen molar-refractivity contribution in [1.29, 1.82) is 0 Å². The van der Waals surface area contributed by atoms with E-state index in [-0.39, 0.29) is 5.56 Å². The van der Waals surface area contributed by atoms with E-state index in [2.05, 4.69) is 10.4 Å². The SMILES string of the molecule is COc1cccc(-c2nc3ccccc3c(=O)n2NC(=O)C(C)=Cc2ccccc2)c1. The third-order valence-corrected chi connectivity index (χ3v) is 4.86. The minimum absolute atomic E-state index is 0.323. The Hall–Kier alpha value is -4.19. The molecule has 1 amide bonds. The van der Waals surface area contributed by atoms with Crippen LogP contribution in [0.5, 0.6) is 5.75 Å². The maximum absolute atomic E-state index is 13.3. The molecule has 4 rings (SSSR count). The van der Waals surface area contributed by atoms with Crippen LogP contribution in [-0.4, -0.2) is 22.7 Å². The van der Waals surface area contributed by atoms with Crippen molar-refractivity contribution in [2.75, 3.05) is 12.5 Å². The second-order valence-electron chi connectivity index (χ2n) is 7.00. The fraction of sp³-hybridized carbons (Fsp3) is 0.0800. The fourth-order valence-electron chi connectivity index (χ4n) is 3.25. The van der Waals surface area contributed by atoms with E-state index in [9.17, 15) is 9.59 Å². The highest BCUT2D eigenvalue weighted by atomic mass is 16.5. The second kappa shape index (κ2) is 8.67. The summed E-state index contributed by atoms with van der Waals surface area (Å²) >= 11 is 0. The van der Waals surface area contributed by atoms with E-state index in [1.807, 2.05) is 48.5 Å². The number of methoxy groups -OCH3 is 1. The maximum atomic E-state index is 13.3. The van der Waals surface area contributed by atoms with E-state index in [1.165, 1.54) is 4.68 Å². The molecular formula is C25H21N3O3. The molecule has 31 heavy (non-hydrogen) atoms. The van der Waals surface area contributed by atoms with E-state index in [1.54, 1.807) is 50.4 Å². The number of nitrogens with one attached hydrogen (secondary N) is 1. The van der Waals surface area contributed by atoms with Crippen LogP contribution in [0.3, 0.4) is 0 Å². The molecule has 1 aromatic heterocycles. The van der Waals surface area contributed by atoms with E-state index < -0.39 is 5.91 Å². The molecular weight excluding hydrogens is 390 g/mol. The van der Waals surface area contributed by atoms with E-state index >= 15 is 0 Å². The predicted octanol–water partition coefficient (Wildman–Crippen LogP) is 4.25. The Morgan fingerprint density at radius 2 is 1.74 bits per heavy atom. The summed E-state index contributed by atoms with van der Waals surface area (Å²) < 4.78 is 6.50. The molecule has 6 nitrogen and oxygen atoms in total. The van der Waals surface area contributed by atoms with Gasteiger partial charge in [-0.1, -0.05) is 54.6 Å². The third kappa shape index (κ3) is 4.23. The van der Waals surface area contributed by atoms with Gasteiger partial charge in [0.05, 0.1) is 18.0 Å². The van der Waals surface area contributed by atoms with Crippen molar-refractivity contribution in [3.63, 3.8) is 0 Å². The van der Waals surface area contributed by atoms with Crippen LogP contribution in [0.4, 0.5) is 0 Å². The normalized spacial score (nSPS) is 11.4. The number of amides is 1. The van der Waals surface area contributed by atoms with Gasteiger partial charge in [0.2, 0.25) is 0 Å². The Labute approximate surface area is 179 Å². The number of ether oxygens (including phenoxy) is 1. The topological polar surface area (TPSA) is 73.2 Å². The van der Waals surface area contributed by atoms with Gasteiger partial charge in [0.25, 0.3) is 11.5 Å². The highest BCUT2D eigenvalue weighted by Crippen LogP contribution is 2.23. The molecule has 0 radical (unpaired) electrons. The molecule has 1 heterocycles. The lowest BCUT2D eigenvalue weighted by Gasteiger charge is -2.15. The van der Waals surface area contributed by atoms with Crippen molar-refractivity contribution >= 4 is 22.9 Å². The van der Waals surface area contributed by atoms with Crippen LogP contribution in [0.25, 0.3) is 28.4 Å². The molecule has 0 saturated carbocycles. The summed E-state index contributed by atoms with van der Waals surface area (Å²) in [5, 5.41) is 0.416. The Balaban J connectivity index is 1.82. The molecule has 0 aliphatic heterocycles. The molecule has 0 bridgehead atoms. The van der Waals surface area contributed by atoms with Gasteiger partial charge in [-0.2, -0.15) is 4.68 Å². The number of rotatable bonds is 5. The lowest BCUT2D eigenvalue weighted by molar-refractivity contribution is -0.113. The molecule has 0 spiro atoms. The van der Waals surface area contributed by atoms with E-state index in [4.69, 9.17) is 4.74 Å². The van der Waals surface area contributed by atoms with E-state index in [0.717, 1.165) is 5.56 Å². The molecule has 0 saturated heterocycles. The van der Waals surface area contributed by atoms with Gasteiger partial charge in [-0.15, -0.1) is 0 Å². The highest BCUT2D eigenvalue weighted by molar-refractivity contribution is 6.02. The average molecular weight is 411 g/mol. The fourth-order valence-corrected chi connectivity index (χ4v) is 3.25. The summed E-state index contributed by atoms with van der Waals surface area (Å²) in [6.07, 6.45) is 1.76. The van der Waals surface area contributed by atoms with Gasteiger partial charge < -0.3 is 4.74 Å². The number of para-hydroxylation sites is 1. The van der Waals surface area contributed by atoms with Gasteiger partial charge in [0, 0.05) is 11.1 Å². The first-order valence-corrected chi connectivity index (χ1v) is 9.78. The summed E-state index contributed by atoms with van der Waals surface area (Å²) in [6.45, 7) is 1.70. The molecule has 0 aliphatic rings. The molecule has 0 unspecified atom stereocenters. The summed E-state index contributed by atoms with van der Waals surface area (Å²) in [4.78, 5) is 30.8. The number of carbonyl (C=O) groups is 1. The molecule has 154 valence electrons. The van der Waals surface area contributed by atoms with Crippen LogP contribution in [-0.2, 0) is 4.79 Å². The number of hydrogen-bond donors (Lipinski definition) is 1. The van der Waals surface area contributed by atoms with Crippen molar-refractivity contribution < 1.29 is 9.53 Å². The van der Waals surface area contributed by atoms with Gasteiger partial charge in [-0.05, 0) is 42.8 Å². The summed E-state index contributed by atoms with van der Waals surface area (Å²) in [5.74, 6) is 0.550. The van der Waals surface area contributed by atoms with E-state index in [0.29, 0.717) is 33.6 Å². The third-order valence-electron chi connectivity index (χ3n) is 4.86. The standard InChI is InChI=1S/C25H21N3O3/c1-17(15-18-9-4-3-5-10-18)24(29)27-28-23(19-11-8-12-20(16-19)31-2)26-22-14-7-6-13-21(22)25(28)30/h3-16H,1-2H3,(H,27,29). The van der Waals surface area contributed by atoms with Crippen LogP contribution < -0.4 is 15.7 Å². The van der Waals surface area contributed by atoms with Gasteiger partial charge in [-0.25, -0.2) is 4.98 Å². The Morgan fingerprint density at radius 3 is 2.52 bits per heavy atom. The summed E-state index contributed by atoms with van der Waals surface area (Å²) in [6, 6.07) is 23.8. The minimum Gasteiger partial charge on any atom is -0.497 e. The van der Waals surface area contributed by atoms with Gasteiger partial charge in [0.1, 0.15) is 5.75 Å². The zero-order chi connectivity index (χ0) is 21.8. The molecule has 0 atom stereocenters. The monoisotopic (exact) mass is 411 g/mol. The Morgan fingerprint density at radius 1 is 1.00 bits per heavy atom. The molecule has 1 N–H and O–H groups in total. The van der Waals surface area contributed by atoms with Crippen LogP contribution >= 0.6 is 0 Å². The summed E-state index contributed by atoms with van der Waals surface area (Å²) in [5.41, 5.74) is 4.91. The lowest BCUT2D eigenvalue weighted by Crippen LogP contribution is -2.35. The molecule has 0 fully saturated rings. The molecule has 6 heteroatoms. The van der Waals surface area contributed by atoms with Gasteiger partial charge in [0.15, 0.2) is 5.82 Å². The van der Waals surface area contributed by atoms with Crippen molar-refractivity contribution in [2.45, 2.75) is 6.92 Å². The predicted molar refractivity (Wildman–Crippen MR) is 122 cm³/mol. The Kier molecular flexibility index (Phi) is 5.62. The number of fused-ring (bicyclic) bond motifs is 1. The molecule has 0 aliphatic carbocycles. The molecule has 3 aromatic carbocycles. The van der Waals surface area contributed by atoms with Crippen molar-refractivity contribution in [3.05, 3.63) is 100 Å². The first-order chi connectivity index (χ1) is 15.1. The molecule has 4 aromatic rings. The van der Waals surface area contributed by atoms with Crippen LogP contribution in [0, 0.1) is 0 Å². The summed E-state index contributed by atoms with van der Waals surface area (Å²) in [7, 11) is 1.57. The number of nitrogens with zero attached hydrogens (tertiary/aromatic N) is 2.